The third kappa shape index (κ3) is 3.48. The topological polar surface area (TPSA) is 37.3 Å². The summed E-state index contributed by atoms with van der Waals surface area (Å²) in [5.74, 6) is -1.91. The van der Waals surface area contributed by atoms with Crippen LogP contribution in [-0.4, -0.2) is 11.1 Å². The van der Waals surface area contributed by atoms with Crippen LogP contribution in [0.15, 0.2) is 24.3 Å². The quantitative estimate of drug-likeness (QED) is 0.890. The first kappa shape index (κ1) is 14.5. The van der Waals surface area contributed by atoms with Crippen molar-refractivity contribution in [2.24, 2.45) is 5.92 Å². The Bertz CT molecular complexity index is 424. The lowest BCUT2D eigenvalue weighted by atomic mass is 9.83. The molecule has 0 radical (unpaired) electrons. The Kier molecular flexibility index (Phi) is 4.38. The average molecular weight is 260 g/mol. The zero-order valence-electron chi connectivity index (χ0n) is 10.2. The van der Waals surface area contributed by atoms with Gasteiger partial charge in [-0.3, -0.25) is 4.79 Å². The molecule has 100 valence electrons. The number of halogens is 3. The largest absolute Gasteiger partial charge is 0.481 e. The van der Waals surface area contributed by atoms with E-state index in [4.69, 9.17) is 5.11 Å². The van der Waals surface area contributed by atoms with Crippen molar-refractivity contribution in [1.29, 1.82) is 0 Å². The third-order valence-corrected chi connectivity index (χ3v) is 2.86. The summed E-state index contributed by atoms with van der Waals surface area (Å²) in [5, 5.41) is 8.81. The molecule has 0 fully saturated rings. The first-order valence-electron chi connectivity index (χ1n) is 5.61. The van der Waals surface area contributed by atoms with E-state index in [-0.39, 0.29) is 17.9 Å². The van der Waals surface area contributed by atoms with Crippen molar-refractivity contribution < 1.29 is 23.1 Å². The average Bonchev–Trinajstić information content (AvgIpc) is 2.24. The second-order valence-electron chi connectivity index (χ2n) is 4.53. The Morgan fingerprint density at radius 2 is 1.83 bits per heavy atom. The minimum absolute atomic E-state index is 0.0578. The standard InChI is InChI=1S/C13H15F3O2/c1-8(2)10(7-12(17)18)9-5-3-4-6-11(9)13(14,15)16/h3-6,8,10H,7H2,1-2H3,(H,17,18). The van der Waals surface area contributed by atoms with Crippen LogP contribution in [-0.2, 0) is 11.0 Å². The number of alkyl halides is 3. The molecule has 0 saturated heterocycles. The molecule has 18 heavy (non-hydrogen) atoms. The molecule has 0 heterocycles. The van der Waals surface area contributed by atoms with Crippen molar-refractivity contribution in [3.8, 4) is 0 Å². The van der Waals surface area contributed by atoms with Crippen LogP contribution in [0.4, 0.5) is 13.2 Å². The first-order chi connectivity index (χ1) is 8.23. The molecule has 0 spiro atoms. The number of carboxylic acid groups (broad SMARTS) is 1. The summed E-state index contributed by atoms with van der Waals surface area (Å²) in [5.41, 5.74) is -0.688. The molecular formula is C13H15F3O2. The van der Waals surface area contributed by atoms with Crippen LogP contribution < -0.4 is 0 Å². The third-order valence-electron chi connectivity index (χ3n) is 2.86. The molecule has 1 unspecified atom stereocenters. The molecule has 1 aromatic carbocycles. The monoisotopic (exact) mass is 260 g/mol. The van der Waals surface area contributed by atoms with Crippen LogP contribution >= 0.6 is 0 Å². The Morgan fingerprint density at radius 3 is 2.28 bits per heavy atom. The van der Waals surface area contributed by atoms with Gasteiger partial charge in [0.05, 0.1) is 12.0 Å². The smallest absolute Gasteiger partial charge is 0.416 e. The maximum atomic E-state index is 12.9. The van der Waals surface area contributed by atoms with Gasteiger partial charge in [0.2, 0.25) is 0 Å². The van der Waals surface area contributed by atoms with Gasteiger partial charge < -0.3 is 5.11 Å². The minimum atomic E-state index is -4.46. The van der Waals surface area contributed by atoms with E-state index in [0.717, 1.165) is 6.07 Å². The summed E-state index contributed by atoms with van der Waals surface area (Å²) in [6, 6.07) is 5.16. The molecule has 2 nitrogen and oxygen atoms in total. The van der Waals surface area contributed by atoms with Gasteiger partial charge in [-0.2, -0.15) is 13.2 Å². The molecule has 0 saturated carbocycles. The van der Waals surface area contributed by atoms with E-state index in [2.05, 4.69) is 0 Å². The Balaban J connectivity index is 3.24. The molecule has 0 aliphatic rings. The van der Waals surface area contributed by atoms with Crippen molar-refractivity contribution in [3.05, 3.63) is 35.4 Å². The van der Waals surface area contributed by atoms with Crippen LogP contribution in [0.2, 0.25) is 0 Å². The highest BCUT2D eigenvalue weighted by Crippen LogP contribution is 2.38. The summed E-state index contributed by atoms with van der Waals surface area (Å²) in [6.07, 6.45) is -4.76. The molecule has 1 aromatic rings. The van der Waals surface area contributed by atoms with Crippen molar-refractivity contribution in [3.63, 3.8) is 0 Å². The molecular weight excluding hydrogens is 245 g/mol. The van der Waals surface area contributed by atoms with E-state index in [1.807, 2.05) is 0 Å². The van der Waals surface area contributed by atoms with Gasteiger partial charge in [0, 0.05) is 0 Å². The highest BCUT2D eigenvalue weighted by atomic mass is 19.4. The molecule has 0 amide bonds. The van der Waals surface area contributed by atoms with Crippen LogP contribution in [0.5, 0.6) is 0 Å². The number of aliphatic carboxylic acids is 1. The normalized spacial score (nSPS) is 13.7. The maximum Gasteiger partial charge on any atom is 0.416 e. The second-order valence-corrected chi connectivity index (χ2v) is 4.53. The summed E-state index contributed by atoms with van der Waals surface area (Å²) in [7, 11) is 0. The SMILES string of the molecule is CC(C)C(CC(=O)O)c1ccccc1C(F)(F)F. The fourth-order valence-corrected chi connectivity index (χ4v) is 1.97. The van der Waals surface area contributed by atoms with Gasteiger partial charge in [-0.1, -0.05) is 32.0 Å². The van der Waals surface area contributed by atoms with E-state index in [1.165, 1.54) is 18.2 Å². The zero-order valence-corrected chi connectivity index (χ0v) is 10.2. The fourth-order valence-electron chi connectivity index (χ4n) is 1.97. The second kappa shape index (κ2) is 5.42. The van der Waals surface area contributed by atoms with Crippen LogP contribution in [0.1, 0.15) is 37.3 Å². The number of hydrogen-bond acceptors (Lipinski definition) is 1. The zero-order chi connectivity index (χ0) is 13.9. The summed E-state index contributed by atoms with van der Waals surface area (Å²) in [6.45, 7) is 3.45. The van der Waals surface area contributed by atoms with Gasteiger partial charge in [0.25, 0.3) is 0 Å². The lowest BCUT2D eigenvalue weighted by molar-refractivity contribution is -0.141. The Labute approximate surface area is 103 Å². The van der Waals surface area contributed by atoms with Gasteiger partial charge in [-0.05, 0) is 23.5 Å². The highest BCUT2D eigenvalue weighted by Gasteiger charge is 2.35. The van der Waals surface area contributed by atoms with Crippen molar-refractivity contribution >= 4 is 5.97 Å². The number of hydrogen-bond donors (Lipinski definition) is 1. The summed E-state index contributed by atoms with van der Waals surface area (Å²) < 4.78 is 38.6. The molecule has 0 bridgehead atoms. The van der Waals surface area contributed by atoms with Crippen molar-refractivity contribution in [2.45, 2.75) is 32.4 Å². The molecule has 5 heteroatoms. The fraction of sp³-hybridized carbons (Fsp3) is 0.462. The van der Waals surface area contributed by atoms with E-state index in [0.29, 0.717) is 0 Å². The molecule has 1 rings (SSSR count). The van der Waals surface area contributed by atoms with Gasteiger partial charge in [0.1, 0.15) is 0 Å². The van der Waals surface area contributed by atoms with E-state index in [1.54, 1.807) is 13.8 Å². The predicted octanol–water partition coefficient (Wildman–Crippen LogP) is 3.92. The van der Waals surface area contributed by atoms with Gasteiger partial charge in [0.15, 0.2) is 0 Å². The molecule has 0 aliphatic carbocycles. The van der Waals surface area contributed by atoms with Crippen molar-refractivity contribution in [1.82, 2.24) is 0 Å². The maximum absolute atomic E-state index is 12.9. The highest BCUT2D eigenvalue weighted by molar-refractivity contribution is 5.68. The Morgan fingerprint density at radius 1 is 1.28 bits per heavy atom. The van der Waals surface area contributed by atoms with Gasteiger partial charge in [-0.25, -0.2) is 0 Å². The molecule has 0 aromatic heterocycles. The van der Waals surface area contributed by atoms with E-state index in [9.17, 15) is 18.0 Å². The lowest BCUT2D eigenvalue weighted by Gasteiger charge is -2.23. The van der Waals surface area contributed by atoms with E-state index < -0.39 is 23.6 Å². The van der Waals surface area contributed by atoms with Crippen LogP contribution in [0.3, 0.4) is 0 Å². The predicted molar refractivity (Wildman–Crippen MR) is 61.3 cm³/mol. The summed E-state index contributed by atoms with van der Waals surface area (Å²) >= 11 is 0. The number of carbonyl (C=O) groups is 1. The van der Waals surface area contributed by atoms with Gasteiger partial charge >= 0.3 is 12.1 Å². The van der Waals surface area contributed by atoms with Crippen molar-refractivity contribution in [2.75, 3.05) is 0 Å². The number of rotatable bonds is 4. The lowest BCUT2D eigenvalue weighted by Crippen LogP contribution is -2.17. The summed E-state index contributed by atoms with van der Waals surface area (Å²) in [4.78, 5) is 10.8. The van der Waals surface area contributed by atoms with Crippen LogP contribution in [0.25, 0.3) is 0 Å². The van der Waals surface area contributed by atoms with Crippen LogP contribution in [0, 0.1) is 5.92 Å². The molecule has 0 aliphatic heterocycles. The van der Waals surface area contributed by atoms with E-state index >= 15 is 0 Å². The molecule has 1 atom stereocenters. The minimum Gasteiger partial charge on any atom is -0.481 e. The Hall–Kier alpha value is -1.52. The molecule has 1 N–H and O–H groups in total. The first-order valence-corrected chi connectivity index (χ1v) is 5.61. The van der Waals surface area contributed by atoms with Gasteiger partial charge in [-0.15, -0.1) is 0 Å². The number of benzene rings is 1. The number of carboxylic acids is 1.